The molecule has 0 aromatic heterocycles. The standard InChI is InChI=1S/C27H30ClN3O4S/c1-3-25(27(33)29-4-2)30(19-21-15-17-22(28)18-16-21)26(32)20-31(23-11-7-5-8-12-23)36(34,35)24-13-9-6-10-14-24/h5-18,25H,3-4,19-20H2,1-2H3,(H,29,33)/t25-/m1/s1. The summed E-state index contributed by atoms with van der Waals surface area (Å²) in [6.45, 7) is 3.69. The van der Waals surface area contributed by atoms with Gasteiger partial charge in [-0.2, -0.15) is 0 Å². The first-order valence-electron chi connectivity index (χ1n) is 11.7. The molecule has 3 aromatic carbocycles. The van der Waals surface area contributed by atoms with Gasteiger partial charge in [0.2, 0.25) is 11.8 Å². The smallest absolute Gasteiger partial charge is 0.264 e. The van der Waals surface area contributed by atoms with Crippen molar-refractivity contribution in [2.45, 2.75) is 37.8 Å². The lowest BCUT2D eigenvalue weighted by molar-refractivity contribution is -0.140. The van der Waals surface area contributed by atoms with Gasteiger partial charge >= 0.3 is 0 Å². The van der Waals surface area contributed by atoms with Crippen molar-refractivity contribution in [2.24, 2.45) is 0 Å². The third kappa shape index (κ3) is 6.65. The van der Waals surface area contributed by atoms with Gasteiger partial charge in [0.05, 0.1) is 10.6 Å². The summed E-state index contributed by atoms with van der Waals surface area (Å²) in [5.74, 6) is -0.786. The van der Waals surface area contributed by atoms with E-state index < -0.39 is 28.5 Å². The van der Waals surface area contributed by atoms with Crippen molar-refractivity contribution in [1.82, 2.24) is 10.2 Å². The molecule has 0 unspecified atom stereocenters. The van der Waals surface area contributed by atoms with E-state index in [1.807, 2.05) is 6.92 Å². The minimum Gasteiger partial charge on any atom is -0.355 e. The Morgan fingerprint density at radius 2 is 1.47 bits per heavy atom. The number of amides is 2. The highest BCUT2D eigenvalue weighted by Gasteiger charge is 2.33. The van der Waals surface area contributed by atoms with Crippen molar-refractivity contribution in [1.29, 1.82) is 0 Å². The minimum atomic E-state index is -4.06. The summed E-state index contributed by atoms with van der Waals surface area (Å²) in [5, 5.41) is 3.33. The number of halogens is 1. The molecule has 1 N–H and O–H groups in total. The van der Waals surface area contributed by atoms with Crippen LogP contribution in [0, 0.1) is 0 Å². The average Bonchev–Trinajstić information content (AvgIpc) is 2.89. The Morgan fingerprint density at radius 3 is 2.03 bits per heavy atom. The molecular formula is C27H30ClN3O4S. The largest absolute Gasteiger partial charge is 0.355 e. The van der Waals surface area contributed by atoms with Crippen molar-refractivity contribution in [2.75, 3.05) is 17.4 Å². The van der Waals surface area contributed by atoms with Crippen LogP contribution in [0.1, 0.15) is 25.8 Å². The van der Waals surface area contributed by atoms with Crippen LogP contribution in [0.5, 0.6) is 0 Å². The van der Waals surface area contributed by atoms with Crippen LogP contribution in [0.4, 0.5) is 5.69 Å². The maximum absolute atomic E-state index is 13.8. The second-order valence-electron chi connectivity index (χ2n) is 8.13. The predicted octanol–water partition coefficient (Wildman–Crippen LogP) is 4.48. The molecule has 36 heavy (non-hydrogen) atoms. The van der Waals surface area contributed by atoms with Crippen LogP contribution in [-0.2, 0) is 26.2 Å². The molecule has 190 valence electrons. The fraction of sp³-hybridized carbons (Fsp3) is 0.259. The molecule has 9 heteroatoms. The van der Waals surface area contributed by atoms with Crippen molar-refractivity contribution >= 4 is 39.1 Å². The highest BCUT2D eigenvalue weighted by Crippen LogP contribution is 2.24. The molecule has 0 heterocycles. The lowest BCUT2D eigenvalue weighted by Gasteiger charge is -2.33. The number of carbonyl (C=O) groups excluding carboxylic acids is 2. The molecule has 0 fully saturated rings. The fourth-order valence-electron chi connectivity index (χ4n) is 3.84. The zero-order chi connectivity index (χ0) is 26.1. The molecule has 3 aromatic rings. The van der Waals surface area contributed by atoms with Crippen molar-refractivity contribution in [3.05, 3.63) is 95.5 Å². The van der Waals surface area contributed by atoms with Crippen LogP contribution >= 0.6 is 11.6 Å². The van der Waals surface area contributed by atoms with Gasteiger partial charge in [-0.15, -0.1) is 0 Å². The van der Waals surface area contributed by atoms with E-state index in [-0.39, 0.29) is 17.3 Å². The number of rotatable bonds is 11. The normalized spacial score (nSPS) is 12.0. The van der Waals surface area contributed by atoms with Crippen LogP contribution < -0.4 is 9.62 Å². The monoisotopic (exact) mass is 527 g/mol. The number of likely N-dealkylation sites (N-methyl/N-ethyl adjacent to an activating group) is 1. The van der Waals surface area contributed by atoms with E-state index in [0.29, 0.717) is 23.7 Å². The number of hydrogen-bond acceptors (Lipinski definition) is 4. The van der Waals surface area contributed by atoms with Gasteiger partial charge in [-0.05, 0) is 55.3 Å². The Morgan fingerprint density at radius 1 is 0.889 bits per heavy atom. The van der Waals surface area contributed by atoms with Crippen LogP contribution in [-0.4, -0.2) is 44.3 Å². The third-order valence-corrected chi connectivity index (χ3v) is 7.70. The van der Waals surface area contributed by atoms with Crippen molar-refractivity contribution in [3.8, 4) is 0 Å². The van der Waals surface area contributed by atoms with Gasteiger partial charge in [0.25, 0.3) is 10.0 Å². The van der Waals surface area contributed by atoms with E-state index in [4.69, 9.17) is 11.6 Å². The summed E-state index contributed by atoms with van der Waals surface area (Å²) in [7, 11) is -4.06. The maximum atomic E-state index is 13.8. The van der Waals surface area contributed by atoms with Gasteiger partial charge in [0.1, 0.15) is 12.6 Å². The Labute approximate surface area is 217 Å². The first-order chi connectivity index (χ1) is 17.3. The molecule has 0 radical (unpaired) electrons. The lowest BCUT2D eigenvalue weighted by atomic mass is 10.1. The van der Waals surface area contributed by atoms with Crippen molar-refractivity contribution < 1.29 is 18.0 Å². The summed E-state index contributed by atoms with van der Waals surface area (Å²) in [5.41, 5.74) is 1.12. The van der Waals surface area contributed by atoms with Crippen molar-refractivity contribution in [3.63, 3.8) is 0 Å². The Bertz CT molecular complexity index is 1250. The van der Waals surface area contributed by atoms with Gasteiger partial charge in [0.15, 0.2) is 0 Å². The molecule has 0 spiro atoms. The molecule has 0 saturated carbocycles. The van der Waals surface area contributed by atoms with Crippen LogP contribution in [0.15, 0.2) is 89.8 Å². The molecular weight excluding hydrogens is 498 g/mol. The molecule has 0 saturated heterocycles. The highest BCUT2D eigenvalue weighted by atomic mass is 35.5. The van der Waals surface area contributed by atoms with E-state index in [0.717, 1.165) is 9.87 Å². The zero-order valence-corrected chi connectivity index (χ0v) is 21.9. The van der Waals surface area contributed by atoms with E-state index in [2.05, 4.69) is 5.32 Å². The van der Waals surface area contributed by atoms with Gasteiger partial charge in [0, 0.05) is 18.1 Å². The van der Waals surface area contributed by atoms with E-state index >= 15 is 0 Å². The number of anilines is 1. The second-order valence-corrected chi connectivity index (χ2v) is 10.4. The summed E-state index contributed by atoms with van der Waals surface area (Å²) in [6, 6.07) is 22.6. The number of carbonyl (C=O) groups is 2. The number of nitrogens with one attached hydrogen (secondary N) is 1. The summed E-state index contributed by atoms with van der Waals surface area (Å²) in [4.78, 5) is 28.2. The van der Waals surface area contributed by atoms with Crippen LogP contribution in [0.2, 0.25) is 5.02 Å². The first-order valence-corrected chi connectivity index (χ1v) is 13.5. The number of para-hydroxylation sites is 1. The molecule has 7 nitrogen and oxygen atoms in total. The SMILES string of the molecule is CCNC(=O)[C@@H](CC)N(Cc1ccc(Cl)cc1)C(=O)CN(c1ccccc1)S(=O)(=O)c1ccccc1. The minimum absolute atomic E-state index is 0.0710. The predicted molar refractivity (Wildman–Crippen MR) is 142 cm³/mol. The Kier molecular flexibility index (Phi) is 9.50. The van der Waals surface area contributed by atoms with E-state index in [1.54, 1.807) is 79.7 Å². The van der Waals surface area contributed by atoms with Crippen LogP contribution in [0.25, 0.3) is 0 Å². The molecule has 1 atom stereocenters. The second kappa shape index (κ2) is 12.6. The Balaban J connectivity index is 2.01. The van der Waals surface area contributed by atoms with Gasteiger partial charge in [-0.1, -0.05) is 67.1 Å². The molecule has 2 amide bonds. The maximum Gasteiger partial charge on any atom is 0.264 e. The fourth-order valence-corrected chi connectivity index (χ4v) is 5.40. The lowest BCUT2D eigenvalue weighted by Crippen LogP contribution is -2.52. The summed E-state index contributed by atoms with van der Waals surface area (Å²) >= 11 is 6.02. The molecule has 0 aliphatic rings. The highest BCUT2D eigenvalue weighted by molar-refractivity contribution is 7.92. The Hall–Kier alpha value is -3.36. The molecule has 0 aliphatic heterocycles. The molecule has 0 bridgehead atoms. The van der Waals surface area contributed by atoms with Crippen LogP contribution in [0.3, 0.4) is 0 Å². The first kappa shape index (κ1) is 27.2. The number of nitrogens with zero attached hydrogens (tertiary/aromatic N) is 2. The third-order valence-electron chi connectivity index (χ3n) is 5.66. The topological polar surface area (TPSA) is 86.8 Å². The number of hydrogen-bond donors (Lipinski definition) is 1. The molecule has 0 aliphatic carbocycles. The van der Waals surface area contributed by atoms with E-state index in [9.17, 15) is 18.0 Å². The number of benzene rings is 3. The van der Waals surface area contributed by atoms with E-state index in [1.165, 1.54) is 17.0 Å². The average molecular weight is 528 g/mol. The van der Waals surface area contributed by atoms with Gasteiger partial charge in [-0.25, -0.2) is 8.42 Å². The zero-order valence-electron chi connectivity index (χ0n) is 20.3. The summed E-state index contributed by atoms with van der Waals surface area (Å²) in [6.07, 6.45) is 0.363. The number of sulfonamides is 1. The quantitative estimate of drug-likeness (QED) is 0.398. The molecule has 3 rings (SSSR count). The van der Waals surface area contributed by atoms with Gasteiger partial charge in [-0.3, -0.25) is 13.9 Å². The summed E-state index contributed by atoms with van der Waals surface area (Å²) < 4.78 is 28.3. The van der Waals surface area contributed by atoms with Gasteiger partial charge < -0.3 is 10.2 Å².